The van der Waals surface area contributed by atoms with Crippen molar-refractivity contribution in [1.29, 1.82) is 0 Å². The highest BCUT2D eigenvalue weighted by atomic mass is 79.9. The molecule has 1 N–H and O–H groups in total. The van der Waals surface area contributed by atoms with E-state index in [4.69, 9.17) is 9.84 Å². The maximum Gasteiger partial charge on any atom is 0.307 e. The SMILES string of the molecule is COc1ccc(Br)cc1CCN(C)CC(C)C(=O)O. The van der Waals surface area contributed by atoms with Crippen molar-refractivity contribution in [3.8, 4) is 5.75 Å². The maximum atomic E-state index is 10.8. The van der Waals surface area contributed by atoms with E-state index in [-0.39, 0.29) is 5.92 Å². The normalized spacial score (nSPS) is 12.5. The van der Waals surface area contributed by atoms with Crippen LogP contribution in [0.15, 0.2) is 22.7 Å². The third-order valence-electron chi connectivity index (χ3n) is 3.01. The van der Waals surface area contributed by atoms with Gasteiger partial charge < -0.3 is 14.7 Å². The molecule has 4 nitrogen and oxygen atoms in total. The van der Waals surface area contributed by atoms with E-state index in [9.17, 15) is 4.79 Å². The van der Waals surface area contributed by atoms with Gasteiger partial charge in [-0.05, 0) is 37.2 Å². The first-order chi connectivity index (χ1) is 8.93. The molecular formula is C14H20BrNO3. The van der Waals surface area contributed by atoms with Crippen molar-refractivity contribution in [3.63, 3.8) is 0 Å². The fraction of sp³-hybridized carbons (Fsp3) is 0.500. The van der Waals surface area contributed by atoms with Crippen molar-refractivity contribution in [2.45, 2.75) is 13.3 Å². The minimum Gasteiger partial charge on any atom is -0.496 e. The van der Waals surface area contributed by atoms with Crippen LogP contribution < -0.4 is 4.74 Å². The summed E-state index contributed by atoms with van der Waals surface area (Å²) in [6, 6.07) is 5.91. The monoisotopic (exact) mass is 329 g/mol. The van der Waals surface area contributed by atoms with Gasteiger partial charge in [-0.1, -0.05) is 22.9 Å². The summed E-state index contributed by atoms with van der Waals surface area (Å²) in [7, 11) is 3.59. The number of carboxylic acid groups (broad SMARTS) is 1. The van der Waals surface area contributed by atoms with Gasteiger partial charge in [0.2, 0.25) is 0 Å². The number of hydrogen-bond acceptors (Lipinski definition) is 3. The minimum absolute atomic E-state index is 0.352. The number of ether oxygens (including phenoxy) is 1. The van der Waals surface area contributed by atoms with Crippen LogP contribution in [0.25, 0.3) is 0 Å². The van der Waals surface area contributed by atoms with Crippen LogP contribution >= 0.6 is 15.9 Å². The van der Waals surface area contributed by atoms with Gasteiger partial charge in [0.25, 0.3) is 0 Å². The van der Waals surface area contributed by atoms with Gasteiger partial charge in [0.05, 0.1) is 13.0 Å². The lowest BCUT2D eigenvalue weighted by molar-refractivity contribution is -0.141. The molecule has 0 spiro atoms. The number of aliphatic carboxylic acids is 1. The summed E-state index contributed by atoms with van der Waals surface area (Å²) in [5, 5.41) is 8.88. The van der Waals surface area contributed by atoms with E-state index in [0.717, 1.165) is 28.8 Å². The van der Waals surface area contributed by atoms with E-state index in [2.05, 4.69) is 15.9 Å². The predicted octanol–water partition coefficient (Wildman–Crippen LogP) is 2.65. The maximum absolute atomic E-state index is 10.8. The second kappa shape index (κ2) is 7.50. The quantitative estimate of drug-likeness (QED) is 0.835. The molecule has 1 unspecified atom stereocenters. The van der Waals surface area contributed by atoms with Crippen molar-refractivity contribution in [2.24, 2.45) is 5.92 Å². The van der Waals surface area contributed by atoms with Gasteiger partial charge in [-0.15, -0.1) is 0 Å². The molecular weight excluding hydrogens is 310 g/mol. The van der Waals surface area contributed by atoms with Crippen LogP contribution in [0.1, 0.15) is 12.5 Å². The zero-order valence-electron chi connectivity index (χ0n) is 11.5. The third kappa shape index (κ3) is 5.20. The molecule has 0 aliphatic carbocycles. The largest absolute Gasteiger partial charge is 0.496 e. The van der Waals surface area contributed by atoms with E-state index in [0.29, 0.717) is 6.54 Å². The number of carbonyl (C=O) groups is 1. The van der Waals surface area contributed by atoms with Crippen LogP contribution in [-0.2, 0) is 11.2 Å². The molecule has 0 saturated carbocycles. The number of rotatable bonds is 7. The molecule has 0 amide bonds. The lowest BCUT2D eigenvalue weighted by atomic mass is 10.1. The molecule has 5 heteroatoms. The molecule has 0 radical (unpaired) electrons. The molecule has 1 aromatic rings. The van der Waals surface area contributed by atoms with Gasteiger partial charge in [-0.2, -0.15) is 0 Å². The molecule has 0 aliphatic heterocycles. The van der Waals surface area contributed by atoms with Crippen molar-refractivity contribution < 1.29 is 14.6 Å². The Morgan fingerprint density at radius 2 is 2.21 bits per heavy atom. The van der Waals surface area contributed by atoms with E-state index < -0.39 is 5.97 Å². The van der Waals surface area contributed by atoms with Gasteiger partial charge in [0.1, 0.15) is 5.75 Å². The topological polar surface area (TPSA) is 49.8 Å². The Morgan fingerprint density at radius 3 is 2.79 bits per heavy atom. The minimum atomic E-state index is -0.758. The zero-order valence-corrected chi connectivity index (χ0v) is 13.1. The Hall–Kier alpha value is -1.07. The second-order valence-corrected chi connectivity index (χ2v) is 5.62. The van der Waals surface area contributed by atoms with E-state index >= 15 is 0 Å². The summed E-state index contributed by atoms with van der Waals surface area (Å²) in [5.41, 5.74) is 1.12. The Kier molecular flexibility index (Phi) is 6.31. The molecule has 1 atom stereocenters. The smallest absolute Gasteiger partial charge is 0.307 e. The Balaban J connectivity index is 2.56. The highest BCUT2D eigenvalue weighted by Crippen LogP contribution is 2.23. The number of nitrogens with zero attached hydrogens (tertiary/aromatic N) is 1. The first-order valence-electron chi connectivity index (χ1n) is 6.17. The number of hydrogen-bond donors (Lipinski definition) is 1. The average molecular weight is 330 g/mol. The Labute approximate surface area is 122 Å². The van der Waals surface area contributed by atoms with Gasteiger partial charge in [-0.25, -0.2) is 0 Å². The molecule has 0 bridgehead atoms. The van der Waals surface area contributed by atoms with Gasteiger partial charge in [0.15, 0.2) is 0 Å². The lowest BCUT2D eigenvalue weighted by Gasteiger charge is -2.19. The molecule has 19 heavy (non-hydrogen) atoms. The Bertz CT molecular complexity index is 437. The van der Waals surface area contributed by atoms with Gasteiger partial charge in [-0.3, -0.25) is 4.79 Å². The Morgan fingerprint density at radius 1 is 1.53 bits per heavy atom. The van der Waals surface area contributed by atoms with Crippen molar-refractivity contribution in [2.75, 3.05) is 27.2 Å². The summed E-state index contributed by atoms with van der Waals surface area (Å²) in [6.45, 7) is 3.06. The molecule has 1 aromatic carbocycles. The summed E-state index contributed by atoms with van der Waals surface area (Å²) in [4.78, 5) is 12.8. The van der Waals surface area contributed by atoms with Crippen molar-refractivity contribution >= 4 is 21.9 Å². The fourth-order valence-corrected chi connectivity index (χ4v) is 2.30. The van der Waals surface area contributed by atoms with E-state index in [1.54, 1.807) is 14.0 Å². The molecule has 1 rings (SSSR count). The summed E-state index contributed by atoms with van der Waals surface area (Å²) in [5.74, 6) is -0.246. The van der Waals surface area contributed by atoms with Crippen LogP contribution in [0.2, 0.25) is 0 Å². The van der Waals surface area contributed by atoms with Gasteiger partial charge >= 0.3 is 5.97 Å². The molecule has 0 fully saturated rings. The molecule has 106 valence electrons. The van der Waals surface area contributed by atoms with Crippen LogP contribution in [-0.4, -0.2) is 43.2 Å². The first kappa shape index (κ1) is 16.0. The highest BCUT2D eigenvalue weighted by Gasteiger charge is 2.14. The zero-order chi connectivity index (χ0) is 14.4. The average Bonchev–Trinajstić information content (AvgIpc) is 2.36. The van der Waals surface area contributed by atoms with Gasteiger partial charge in [0, 0.05) is 17.6 Å². The third-order valence-corrected chi connectivity index (χ3v) is 3.51. The fourth-order valence-electron chi connectivity index (χ4n) is 1.89. The number of methoxy groups -OCH3 is 1. The van der Waals surface area contributed by atoms with Crippen molar-refractivity contribution in [3.05, 3.63) is 28.2 Å². The number of halogens is 1. The van der Waals surface area contributed by atoms with Crippen LogP contribution in [0.5, 0.6) is 5.75 Å². The number of carboxylic acids is 1. The second-order valence-electron chi connectivity index (χ2n) is 4.71. The standard InChI is InChI=1S/C14H20BrNO3/c1-10(14(17)18)9-16(2)7-6-11-8-12(15)4-5-13(11)19-3/h4-5,8,10H,6-7,9H2,1-3H3,(H,17,18). The lowest BCUT2D eigenvalue weighted by Crippen LogP contribution is -2.30. The number of benzene rings is 1. The highest BCUT2D eigenvalue weighted by molar-refractivity contribution is 9.10. The number of likely N-dealkylation sites (N-methyl/N-ethyl adjacent to an activating group) is 1. The van der Waals surface area contributed by atoms with E-state index in [1.165, 1.54) is 0 Å². The molecule has 0 saturated heterocycles. The first-order valence-corrected chi connectivity index (χ1v) is 6.97. The van der Waals surface area contributed by atoms with Crippen LogP contribution in [0, 0.1) is 5.92 Å². The summed E-state index contributed by atoms with van der Waals surface area (Å²) in [6.07, 6.45) is 0.825. The predicted molar refractivity (Wildman–Crippen MR) is 78.7 cm³/mol. The van der Waals surface area contributed by atoms with Crippen LogP contribution in [0.4, 0.5) is 0 Å². The molecule has 0 heterocycles. The summed E-state index contributed by atoms with van der Waals surface area (Å²) >= 11 is 3.45. The molecule has 0 aromatic heterocycles. The van der Waals surface area contributed by atoms with E-state index in [1.807, 2.05) is 30.1 Å². The van der Waals surface area contributed by atoms with Crippen molar-refractivity contribution in [1.82, 2.24) is 4.90 Å². The summed E-state index contributed by atoms with van der Waals surface area (Å²) < 4.78 is 6.34. The molecule has 0 aliphatic rings. The van der Waals surface area contributed by atoms with Crippen LogP contribution in [0.3, 0.4) is 0 Å².